The van der Waals surface area contributed by atoms with Crippen molar-refractivity contribution in [3.05, 3.63) is 63.7 Å². The molecule has 0 saturated carbocycles. The minimum Gasteiger partial charge on any atom is -0.308 e. The average Bonchev–Trinajstić information content (AvgIpc) is 2.95. The van der Waals surface area contributed by atoms with Crippen molar-refractivity contribution >= 4 is 55.6 Å². The molecule has 1 heterocycles. The summed E-state index contributed by atoms with van der Waals surface area (Å²) < 4.78 is 0.657. The second kappa shape index (κ2) is 6.91. The number of anilines is 1. The lowest BCUT2D eigenvalue weighted by molar-refractivity contribution is -0.384. The Morgan fingerprint density at radius 3 is 2.80 bits per heavy atom. The molecule has 0 spiro atoms. The zero-order chi connectivity index (χ0) is 18.0. The lowest BCUT2D eigenvalue weighted by Gasteiger charge is -2.07. The molecule has 0 aliphatic rings. The summed E-state index contributed by atoms with van der Waals surface area (Å²) in [6.07, 6.45) is 0. The third-order valence-corrected chi connectivity index (χ3v) is 4.45. The number of hydrogen-bond donors (Lipinski definition) is 2. The van der Waals surface area contributed by atoms with E-state index in [1.54, 1.807) is 24.3 Å². The van der Waals surface area contributed by atoms with Gasteiger partial charge in [-0.05, 0) is 37.3 Å². The van der Waals surface area contributed by atoms with Gasteiger partial charge in [-0.3, -0.25) is 20.2 Å². The molecule has 9 heteroatoms. The monoisotopic (exact) mass is 372 g/mol. The Morgan fingerprint density at radius 2 is 2.08 bits per heavy atom. The molecule has 1 amide bonds. The van der Waals surface area contributed by atoms with Crippen LogP contribution in [0.4, 0.5) is 10.8 Å². The van der Waals surface area contributed by atoms with Crippen molar-refractivity contribution in [3.63, 3.8) is 0 Å². The van der Waals surface area contributed by atoms with E-state index in [2.05, 4.69) is 15.6 Å². The van der Waals surface area contributed by atoms with E-state index in [-0.39, 0.29) is 16.7 Å². The normalized spacial score (nSPS) is 10.4. The molecule has 2 N–H and O–H groups in total. The predicted molar refractivity (Wildman–Crippen MR) is 101 cm³/mol. The number of thiocarbonyl (C=S) groups is 1. The summed E-state index contributed by atoms with van der Waals surface area (Å²) >= 11 is 6.35. The summed E-state index contributed by atoms with van der Waals surface area (Å²) in [5.41, 5.74) is 2.09. The fourth-order valence-corrected chi connectivity index (χ4v) is 3.33. The molecule has 2 aromatic carbocycles. The Kier molecular flexibility index (Phi) is 4.68. The first-order valence-corrected chi connectivity index (χ1v) is 8.39. The Morgan fingerprint density at radius 1 is 1.28 bits per heavy atom. The van der Waals surface area contributed by atoms with Crippen molar-refractivity contribution in [3.8, 4) is 0 Å². The molecule has 0 unspecified atom stereocenters. The molecule has 25 heavy (non-hydrogen) atoms. The minimum absolute atomic E-state index is 0.00183. The van der Waals surface area contributed by atoms with Crippen molar-refractivity contribution in [2.45, 2.75) is 6.92 Å². The van der Waals surface area contributed by atoms with Crippen LogP contribution in [0.5, 0.6) is 0 Å². The minimum atomic E-state index is -0.459. The van der Waals surface area contributed by atoms with Crippen LogP contribution in [-0.2, 0) is 0 Å². The molecule has 0 aliphatic heterocycles. The highest BCUT2D eigenvalue weighted by molar-refractivity contribution is 7.80. The number of non-ortho nitro benzene ring substituents is 1. The van der Waals surface area contributed by atoms with Gasteiger partial charge < -0.3 is 5.32 Å². The van der Waals surface area contributed by atoms with E-state index in [1.807, 2.05) is 13.0 Å². The van der Waals surface area contributed by atoms with Crippen LogP contribution in [0.2, 0.25) is 0 Å². The molecule has 3 aromatic rings. The summed E-state index contributed by atoms with van der Waals surface area (Å²) in [4.78, 5) is 26.8. The van der Waals surface area contributed by atoms with Crippen molar-refractivity contribution in [2.75, 3.05) is 5.32 Å². The number of rotatable bonds is 3. The fourth-order valence-electron chi connectivity index (χ4n) is 2.17. The Hall–Kier alpha value is -2.91. The second-order valence-corrected chi connectivity index (χ2v) is 6.64. The van der Waals surface area contributed by atoms with Gasteiger partial charge in [0.25, 0.3) is 11.6 Å². The largest absolute Gasteiger partial charge is 0.308 e. The number of nitro benzene ring substituents is 1. The van der Waals surface area contributed by atoms with Gasteiger partial charge in [-0.25, -0.2) is 4.98 Å². The molecule has 0 aliphatic carbocycles. The Balaban J connectivity index is 1.71. The summed E-state index contributed by atoms with van der Waals surface area (Å²) in [6, 6.07) is 11.6. The number of nitrogens with zero attached hydrogens (tertiary/aromatic N) is 2. The second-order valence-electron chi connectivity index (χ2n) is 5.21. The highest BCUT2D eigenvalue weighted by atomic mass is 32.1. The highest BCUT2D eigenvalue weighted by Crippen LogP contribution is 2.29. The number of carbonyl (C=O) groups is 1. The number of thiazole rings is 1. The molecule has 0 atom stereocenters. The van der Waals surface area contributed by atoms with E-state index in [1.165, 1.54) is 23.5 Å². The number of aromatic nitrogens is 1. The van der Waals surface area contributed by atoms with E-state index in [9.17, 15) is 14.9 Å². The number of carbonyl (C=O) groups excluding carboxylic acids is 1. The summed E-state index contributed by atoms with van der Waals surface area (Å²) in [6.45, 7) is 1.90. The van der Waals surface area contributed by atoms with Gasteiger partial charge in [0.1, 0.15) is 0 Å². The quantitative estimate of drug-likeness (QED) is 0.414. The topological polar surface area (TPSA) is 97.2 Å². The number of benzene rings is 2. The van der Waals surface area contributed by atoms with Gasteiger partial charge in [-0.15, -0.1) is 0 Å². The average molecular weight is 372 g/mol. The van der Waals surface area contributed by atoms with Gasteiger partial charge in [-0.1, -0.05) is 29.0 Å². The summed E-state index contributed by atoms with van der Waals surface area (Å²) in [5, 5.41) is 16.8. The number of aryl methyl sites for hydroxylation is 1. The maximum absolute atomic E-state index is 12.2. The van der Waals surface area contributed by atoms with Crippen LogP contribution in [0.3, 0.4) is 0 Å². The maximum atomic E-state index is 12.2. The molecular formula is C16H12N4O3S2. The molecule has 1 aromatic heterocycles. The molecule has 0 saturated heterocycles. The van der Waals surface area contributed by atoms with Crippen LogP contribution in [0.25, 0.3) is 10.2 Å². The predicted octanol–water partition coefficient (Wildman–Crippen LogP) is 3.64. The van der Waals surface area contributed by atoms with E-state index >= 15 is 0 Å². The van der Waals surface area contributed by atoms with Crippen LogP contribution in [0, 0.1) is 17.0 Å². The maximum Gasteiger partial charge on any atom is 0.270 e. The molecule has 7 nitrogen and oxygen atoms in total. The smallest absolute Gasteiger partial charge is 0.270 e. The summed E-state index contributed by atoms with van der Waals surface area (Å²) in [7, 11) is 0. The van der Waals surface area contributed by atoms with Gasteiger partial charge >= 0.3 is 0 Å². The number of hydrogen-bond acceptors (Lipinski definition) is 6. The van der Waals surface area contributed by atoms with E-state index < -0.39 is 4.92 Å². The first-order chi connectivity index (χ1) is 11.9. The number of nitrogens with one attached hydrogen (secondary N) is 2. The van der Waals surface area contributed by atoms with Gasteiger partial charge in [0.05, 0.1) is 15.1 Å². The zero-order valence-electron chi connectivity index (χ0n) is 13.0. The van der Waals surface area contributed by atoms with Gasteiger partial charge in [0, 0.05) is 17.7 Å². The lowest BCUT2D eigenvalue weighted by atomic mass is 10.1. The zero-order valence-corrected chi connectivity index (χ0v) is 14.6. The third kappa shape index (κ3) is 3.95. The van der Waals surface area contributed by atoms with Crippen LogP contribution in [0.15, 0.2) is 42.5 Å². The number of amides is 1. The summed E-state index contributed by atoms with van der Waals surface area (Å²) in [5.74, 6) is -0.321. The van der Waals surface area contributed by atoms with Crippen molar-refractivity contribution in [1.29, 1.82) is 0 Å². The molecule has 3 rings (SSSR count). The van der Waals surface area contributed by atoms with Crippen molar-refractivity contribution in [1.82, 2.24) is 10.3 Å². The van der Waals surface area contributed by atoms with Gasteiger partial charge in [-0.2, -0.15) is 0 Å². The first kappa shape index (κ1) is 16.9. The van der Waals surface area contributed by atoms with Crippen molar-refractivity contribution in [2.24, 2.45) is 0 Å². The van der Waals surface area contributed by atoms with E-state index in [0.717, 1.165) is 5.56 Å². The fraction of sp³-hybridized carbons (Fsp3) is 0.0625. The lowest BCUT2D eigenvalue weighted by Crippen LogP contribution is -2.34. The Bertz CT molecular complexity index is 1000. The van der Waals surface area contributed by atoms with E-state index in [4.69, 9.17) is 12.2 Å². The molecule has 0 fully saturated rings. The highest BCUT2D eigenvalue weighted by Gasteiger charge is 2.12. The number of fused-ring (bicyclic) bond motifs is 1. The van der Waals surface area contributed by atoms with Gasteiger partial charge in [0.2, 0.25) is 0 Å². The SMILES string of the molecule is Cc1cccc(C(=O)NC(=S)Nc2nc3ccc([N+](=O)[O-])cc3s2)c1. The van der Waals surface area contributed by atoms with Crippen LogP contribution in [-0.4, -0.2) is 20.9 Å². The molecule has 0 radical (unpaired) electrons. The van der Waals surface area contributed by atoms with Crippen LogP contribution < -0.4 is 10.6 Å². The Labute approximate surface area is 151 Å². The number of nitro groups is 1. The van der Waals surface area contributed by atoms with Crippen molar-refractivity contribution < 1.29 is 9.72 Å². The van der Waals surface area contributed by atoms with Gasteiger partial charge in [0.15, 0.2) is 10.2 Å². The van der Waals surface area contributed by atoms with Crippen LogP contribution in [0.1, 0.15) is 15.9 Å². The first-order valence-electron chi connectivity index (χ1n) is 7.16. The molecule has 0 bridgehead atoms. The van der Waals surface area contributed by atoms with E-state index in [0.29, 0.717) is 20.9 Å². The molecular weight excluding hydrogens is 360 g/mol. The standard InChI is InChI=1S/C16H12N4O3S2/c1-9-3-2-4-10(7-9)14(21)18-15(24)19-16-17-12-6-5-11(20(22)23)8-13(12)25-16/h2-8H,1H3,(H2,17,18,19,21,24). The third-order valence-electron chi connectivity index (χ3n) is 3.31. The molecule has 126 valence electrons. The van der Waals surface area contributed by atoms with Crippen LogP contribution >= 0.6 is 23.6 Å².